The Bertz CT molecular complexity index is 2270. The number of ether oxygens (including phenoxy) is 3. The largest absolute Gasteiger partial charge is 0.472 e. The molecule has 5 unspecified atom stereocenters. The van der Waals surface area contributed by atoms with Gasteiger partial charge in [-0.25, -0.2) is 9.13 Å². The first-order valence-electron chi connectivity index (χ1n) is 40.2. The van der Waals surface area contributed by atoms with E-state index in [1.54, 1.807) is 0 Å². The zero-order valence-electron chi connectivity index (χ0n) is 63.8. The number of unbranched alkanes of at least 4 members (excludes halogenated alkanes) is 35. The Hall–Kier alpha value is -3.79. The SMILES string of the molecule is CC/C=C\C/C=C\C/C=C\C/C=C\C/C=C\CCCCCCCCCCCCCCCC(=O)OCC(O)COP(=O)(O)OCC(O)COP(=O)(O)OCC(COC(=O)CCCCCCCCCCC/C=C\C/C=C\C/C=C\C/C=C\CCCCC)OC(=O)CCCCCCCCCCCCC. The summed E-state index contributed by atoms with van der Waals surface area (Å²) in [7, 11) is -9.78. The van der Waals surface area contributed by atoms with Crippen molar-refractivity contribution < 1.29 is 75.8 Å². The van der Waals surface area contributed by atoms with Gasteiger partial charge in [0, 0.05) is 19.3 Å². The standard InChI is InChI=1S/C83H146O16P2/c1-4-7-10-13-16-19-22-24-26-28-30-32-34-36-37-38-39-41-43-44-46-48-50-52-55-57-60-63-66-69-81(86)93-72-78(84)73-95-100(89,90)96-74-79(85)75-97-101(91,92)98-77-80(99-83(88)71-68-65-62-59-54-21-18-15-12-9-6-3)76-94-82(87)70-67-64-61-58-56-53-51-49-47-45-42-40-35-33-31-29-27-25-23-20-17-14-11-8-5-2/h7,10,16-17,19-20,24-27,30-33,36-37,40,42,78-80,84-85H,4-6,8-9,11-15,18,21-23,28-29,34-35,38-39,41,43-77H2,1-3H3,(H,89,90)(H,91,92)/b10-7-,19-16-,20-17-,26-24-,27-25-,32-30-,33-31-,37-36-,42-40-. The summed E-state index contributed by atoms with van der Waals surface area (Å²) in [4.78, 5) is 58.6. The lowest BCUT2D eigenvalue weighted by Gasteiger charge is -2.21. The van der Waals surface area contributed by atoms with Crippen LogP contribution in [0.1, 0.15) is 342 Å². The first-order chi connectivity index (χ1) is 49.2. The zero-order chi connectivity index (χ0) is 73.7. The molecule has 0 spiro atoms. The minimum absolute atomic E-state index is 0.106. The molecule has 0 rings (SSSR count). The van der Waals surface area contributed by atoms with Crippen LogP contribution in [0.3, 0.4) is 0 Å². The van der Waals surface area contributed by atoms with Gasteiger partial charge in [-0.3, -0.25) is 32.5 Å². The number of carbonyl (C=O) groups excluding carboxylic acids is 3. The molecule has 101 heavy (non-hydrogen) atoms. The van der Waals surface area contributed by atoms with Crippen molar-refractivity contribution in [1.82, 2.24) is 0 Å². The predicted molar refractivity (Wildman–Crippen MR) is 417 cm³/mol. The summed E-state index contributed by atoms with van der Waals surface area (Å²) >= 11 is 0. The number of rotatable bonds is 76. The van der Waals surface area contributed by atoms with Gasteiger partial charge in [0.1, 0.15) is 25.4 Å². The molecule has 0 radical (unpaired) electrons. The van der Waals surface area contributed by atoms with Gasteiger partial charge in [0.15, 0.2) is 6.10 Å². The second-order valence-electron chi connectivity index (χ2n) is 26.8. The van der Waals surface area contributed by atoms with Crippen LogP contribution in [0.15, 0.2) is 109 Å². The van der Waals surface area contributed by atoms with Crippen LogP contribution >= 0.6 is 15.6 Å². The number of aliphatic hydroxyl groups excluding tert-OH is 2. The maximum absolute atomic E-state index is 12.9. The second-order valence-corrected chi connectivity index (χ2v) is 29.8. The average molecular weight is 1460 g/mol. The molecule has 0 bridgehead atoms. The monoisotopic (exact) mass is 1460 g/mol. The zero-order valence-corrected chi connectivity index (χ0v) is 65.6. The highest BCUT2D eigenvalue weighted by atomic mass is 31.2. The van der Waals surface area contributed by atoms with E-state index < -0.39 is 91.5 Å². The quantitative estimate of drug-likeness (QED) is 0.0146. The van der Waals surface area contributed by atoms with E-state index in [0.29, 0.717) is 19.3 Å². The predicted octanol–water partition coefficient (Wildman–Crippen LogP) is 23.5. The fraction of sp³-hybridized carbons (Fsp3) is 0.747. The lowest BCUT2D eigenvalue weighted by atomic mass is 10.0. The topological polar surface area (TPSA) is 231 Å². The molecule has 18 heteroatoms. The van der Waals surface area contributed by atoms with Crippen molar-refractivity contribution in [2.75, 3.05) is 39.6 Å². The molecule has 0 saturated carbocycles. The summed E-state index contributed by atoms with van der Waals surface area (Å²) in [5.74, 6) is -1.57. The van der Waals surface area contributed by atoms with Crippen molar-refractivity contribution in [1.29, 1.82) is 0 Å². The molecule has 16 nitrogen and oxygen atoms in total. The second kappa shape index (κ2) is 75.9. The first-order valence-corrected chi connectivity index (χ1v) is 43.2. The van der Waals surface area contributed by atoms with Crippen molar-refractivity contribution >= 4 is 33.6 Å². The average Bonchev–Trinajstić information content (AvgIpc) is 0.946. The van der Waals surface area contributed by atoms with E-state index in [-0.39, 0.29) is 19.3 Å². The summed E-state index contributed by atoms with van der Waals surface area (Å²) < 4.78 is 61.1. The van der Waals surface area contributed by atoms with E-state index in [1.807, 2.05) is 0 Å². The Morgan fingerprint density at radius 1 is 0.287 bits per heavy atom. The van der Waals surface area contributed by atoms with Crippen LogP contribution in [-0.2, 0) is 55.8 Å². The minimum atomic E-state index is -4.93. The summed E-state index contributed by atoms with van der Waals surface area (Å²) in [5, 5.41) is 20.6. The Labute approximate surface area is 615 Å². The number of carbonyl (C=O) groups is 3. The maximum Gasteiger partial charge on any atom is 0.472 e. The van der Waals surface area contributed by atoms with Crippen LogP contribution < -0.4 is 0 Å². The fourth-order valence-corrected chi connectivity index (χ4v) is 12.5. The van der Waals surface area contributed by atoms with Gasteiger partial charge in [-0.05, 0) is 109 Å². The van der Waals surface area contributed by atoms with Gasteiger partial charge in [-0.15, -0.1) is 0 Å². The van der Waals surface area contributed by atoms with E-state index in [2.05, 4.69) is 130 Å². The van der Waals surface area contributed by atoms with E-state index in [4.69, 9.17) is 32.3 Å². The van der Waals surface area contributed by atoms with Gasteiger partial charge < -0.3 is 34.2 Å². The molecule has 0 aliphatic carbocycles. The molecule has 0 saturated heterocycles. The molecule has 0 aromatic rings. The summed E-state index contributed by atoms with van der Waals surface area (Å²) in [6.45, 7) is 2.55. The van der Waals surface area contributed by atoms with Crippen LogP contribution in [0.2, 0.25) is 0 Å². The molecule has 0 aromatic carbocycles. The number of hydrogen-bond donors (Lipinski definition) is 4. The van der Waals surface area contributed by atoms with Gasteiger partial charge in [-0.2, -0.15) is 0 Å². The Morgan fingerprint density at radius 3 is 0.851 bits per heavy atom. The summed E-state index contributed by atoms with van der Waals surface area (Å²) in [6.07, 6.45) is 88.6. The number of phosphoric acid groups is 2. The molecule has 0 amide bonds. The van der Waals surface area contributed by atoms with Crippen molar-refractivity contribution in [2.24, 2.45) is 0 Å². The summed E-state index contributed by atoms with van der Waals surface area (Å²) in [6, 6.07) is 0. The van der Waals surface area contributed by atoms with E-state index >= 15 is 0 Å². The van der Waals surface area contributed by atoms with Crippen LogP contribution in [0.5, 0.6) is 0 Å². The molecule has 0 aliphatic rings. The van der Waals surface area contributed by atoms with Crippen LogP contribution in [0.25, 0.3) is 0 Å². The number of hydrogen-bond acceptors (Lipinski definition) is 14. The third kappa shape index (κ3) is 77.1. The van der Waals surface area contributed by atoms with E-state index in [9.17, 15) is 43.5 Å². The molecule has 4 N–H and O–H groups in total. The number of esters is 3. The van der Waals surface area contributed by atoms with Crippen LogP contribution in [-0.4, -0.2) is 95.9 Å². The number of aliphatic hydroxyl groups is 2. The van der Waals surface area contributed by atoms with E-state index in [0.717, 1.165) is 135 Å². The molecule has 584 valence electrons. The molecular formula is C83H146O16P2. The highest BCUT2D eigenvalue weighted by Crippen LogP contribution is 2.45. The lowest BCUT2D eigenvalue weighted by molar-refractivity contribution is -0.161. The molecule has 0 fully saturated rings. The van der Waals surface area contributed by atoms with Crippen molar-refractivity contribution in [3.8, 4) is 0 Å². The van der Waals surface area contributed by atoms with Gasteiger partial charge >= 0.3 is 33.6 Å². The van der Waals surface area contributed by atoms with E-state index in [1.165, 1.54) is 148 Å². The Kier molecular flexibility index (Phi) is 73.0. The highest BCUT2D eigenvalue weighted by Gasteiger charge is 2.29. The Morgan fingerprint density at radius 2 is 0.525 bits per heavy atom. The number of phosphoric ester groups is 2. The molecule has 0 aromatic heterocycles. The third-order valence-electron chi connectivity index (χ3n) is 17.0. The molecule has 5 atom stereocenters. The van der Waals surface area contributed by atoms with Gasteiger partial charge in [0.05, 0.1) is 26.4 Å². The fourth-order valence-electron chi connectivity index (χ4n) is 10.9. The van der Waals surface area contributed by atoms with Gasteiger partial charge in [0.25, 0.3) is 0 Å². The van der Waals surface area contributed by atoms with Gasteiger partial charge in [-0.1, -0.05) is 323 Å². The molecular weight excluding hydrogens is 1310 g/mol. The van der Waals surface area contributed by atoms with Crippen molar-refractivity contribution in [3.05, 3.63) is 109 Å². The molecule has 0 aliphatic heterocycles. The minimum Gasteiger partial charge on any atom is -0.463 e. The highest BCUT2D eigenvalue weighted by molar-refractivity contribution is 7.47. The van der Waals surface area contributed by atoms with Crippen molar-refractivity contribution in [3.63, 3.8) is 0 Å². The van der Waals surface area contributed by atoms with Gasteiger partial charge in [0.2, 0.25) is 0 Å². The summed E-state index contributed by atoms with van der Waals surface area (Å²) in [5.41, 5.74) is 0. The molecule has 0 heterocycles. The van der Waals surface area contributed by atoms with Crippen molar-refractivity contribution in [2.45, 2.75) is 360 Å². The van der Waals surface area contributed by atoms with Crippen LogP contribution in [0, 0.1) is 0 Å². The van der Waals surface area contributed by atoms with Crippen LogP contribution in [0.4, 0.5) is 0 Å². The smallest absolute Gasteiger partial charge is 0.463 e. The first kappa shape index (κ1) is 97.2. The maximum atomic E-state index is 12.9. The Balaban J connectivity index is 4.43. The normalized spacial score (nSPS) is 14.6. The third-order valence-corrected chi connectivity index (χ3v) is 18.9. The number of allylic oxidation sites excluding steroid dienone is 18. The lowest BCUT2D eigenvalue weighted by Crippen LogP contribution is -2.30.